The van der Waals surface area contributed by atoms with Gasteiger partial charge in [0.05, 0.1) is 0 Å². The zero-order valence-electron chi connectivity index (χ0n) is 1.51. The number of rotatable bonds is 0. The molecular weight excluding hydrogens is 228 g/mol. The van der Waals surface area contributed by atoms with Gasteiger partial charge in [-0.25, -0.2) is 0 Å². The SMILES string of the molecule is [AlH3].[Cu].[MgH2].[Ti].[Zn]. The molecule has 0 saturated heterocycles. The second kappa shape index (κ2) is 27.2. The van der Waals surface area contributed by atoms with Crippen molar-refractivity contribution in [2.75, 3.05) is 0 Å². The fourth-order valence-electron chi connectivity index (χ4n) is 0. The van der Waals surface area contributed by atoms with Crippen LogP contribution in [0.2, 0.25) is 0 Å². The number of hydrogen-bond acceptors (Lipinski definition) is 0. The van der Waals surface area contributed by atoms with Gasteiger partial charge in [-0.05, 0) is 0 Å². The first-order valence-electron chi connectivity index (χ1n) is 0. The van der Waals surface area contributed by atoms with E-state index in [-0.39, 0.29) is 98.7 Å². The Bertz CT molecular complexity index is 11.6. The van der Waals surface area contributed by atoms with Gasteiger partial charge in [0.25, 0.3) is 0 Å². The van der Waals surface area contributed by atoms with Crippen molar-refractivity contribution in [3.8, 4) is 0 Å². The molecule has 0 amide bonds. The Morgan fingerprint density at radius 2 is 1.00 bits per heavy atom. The van der Waals surface area contributed by atoms with Gasteiger partial charge in [-0.1, -0.05) is 0 Å². The molecule has 0 aromatic rings. The van der Waals surface area contributed by atoms with Crippen LogP contribution in [0.1, 0.15) is 0 Å². The Balaban J connectivity index is 0. The molecule has 27 valence electrons. The summed E-state index contributed by atoms with van der Waals surface area (Å²) in [6.45, 7) is 0. The molecule has 0 bridgehead atoms. The summed E-state index contributed by atoms with van der Waals surface area (Å²) in [6, 6.07) is 0. The summed E-state index contributed by atoms with van der Waals surface area (Å²) in [4.78, 5) is 0. The van der Waals surface area contributed by atoms with E-state index in [0.29, 0.717) is 0 Å². The Morgan fingerprint density at radius 3 is 1.00 bits per heavy atom. The van der Waals surface area contributed by atoms with E-state index in [9.17, 15) is 0 Å². The standard InChI is InChI=1S/Al.Cu.Mg.Ti.Zn.5H. The maximum atomic E-state index is 0. The van der Waals surface area contributed by atoms with Crippen LogP contribution in [0.5, 0.6) is 0 Å². The molecule has 0 nitrogen and oxygen atoms in total. The molecule has 0 aromatic carbocycles. The predicted octanol–water partition coefficient (Wildman–Crippen LogP) is -2.11. The quantitative estimate of drug-likeness (QED) is 0.420. The third-order valence-electron chi connectivity index (χ3n) is 0. The molecule has 5 heteroatoms. The van der Waals surface area contributed by atoms with E-state index < -0.39 is 0 Å². The maximum absolute atomic E-state index is 0. The van der Waals surface area contributed by atoms with Crippen LogP contribution in [-0.4, -0.2) is 40.4 Å². The molecule has 1 radical (unpaired) electrons. The molecule has 0 saturated carbocycles. The van der Waals surface area contributed by atoms with Crippen LogP contribution in [-0.2, 0) is 58.3 Å². The van der Waals surface area contributed by atoms with Crippen LogP contribution in [0.25, 0.3) is 0 Å². The molecule has 0 heterocycles. The average molecular weight is 233 g/mol. The van der Waals surface area contributed by atoms with E-state index in [1.54, 1.807) is 0 Å². The van der Waals surface area contributed by atoms with Crippen molar-refractivity contribution in [3.63, 3.8) is 0 Å². The number of hydrogen-bond donors (Lipinski definition) is 0. The minimum atomic E-state index is 0. The van der Waals surface area contributed by atoms with E-state index >= 15 is 0 Å². The first-order valence-corrected chi connectivity index (χ1v) is 0. The predicted molar refractivity (Wildman–Crippen MR) is 18.5 cm³/mol. The second-order valence-electron chi connectivity index (χ2n) is 0. The van der Waals surface area contributed by atoms with E-state index in [1.807, 2.05) is 0 Å². The molecule has 0 fully saturated rings. The summed E-state index contributed by atoms with van der Waals surface area (Å²) in [5, 5.41) is 0. The third-order valence-corrected chi connectivity index (χ3v) is 0. The molecule has 0 aliphatic heterocycles. The van der Waals surface area contributed by atoms with E-state index in [0.717, 1.165) is 0 Å². The smallest absolute Gasteiger partial charge is 0 e. The van der Waals surface area contributed by atoms with Crippen LogP contribution in [0.3, 0.4) is 0 Å². The molecule has 0 spiro atoms. The Kier molecular flexibility index (Phi) is 228. The second-order valence-corrected chi connectivity index (χ2v) is 0. The topological polar surface area (TPSA) is 0 Å². The Hall–Kier alpha value is 3.16. The fraction of sp³-hybridized carbons (Fsp3) is 0. The third kappa shape index (κ3) is 19.1. The average Bonchev–Trinajstić information content (AvgIpc) is 0. The summed E-state index contributed by atoms with van der Waals surface area (Å²) in [7, 11) is 0. The zero-order valence-corrected chi connectivity index (χ0v) is 6.98. The summed E-state index contributed by atoms with van der Waals surface area (Å²) < 4.78 is 0. The van der Waals surface area contributed by atoms with Gasteiger partial charge < -0.3 is 0 Å². The van der Waals surface area contributed by atoms with Crippen LogP contribution in [0.4, 0.5) is 0 Å². The molecular formula is H5AlCuMgTiZn. The summed E-state index contributed by atoms with van der Waals surface area (Å²) in [6.07, 6.45) is 0. The minimum Gasteiger partial charge on any atom is 0 e. The monoisotopic (exact) mass is 231 g/mol. The van der Waals surface area contributed by atoms with Crippen molar-refractivity contribution in [2.24, 2.45) is 0 Å². The largest absolute Gasteiger partial charge is 0.316 e. The van der Waals surface area contributed by atoms with Gasteiger partial charge in [-0.15, -0.1) is 0 Å². The first kappa shape index (κ1) is 41.9. The summed E-state index contributed by atoms with van der Waals surface area (Å²) >= 11 is 0. The van der Waals surface area contributed by atoms with Crippen molar-refractivity contribution in [1.29, 1.82) is 0 Å². The van der Waals surface area contributed by atoms with Crippen molar-refractivity contribution < 1.29 is 58.3 Å². The summed E-state index contributed by atoms with van der Waals surface area (Å²) in [5.41, 5.74) is 0. The van der Waals surface area contributed by atoms with Crippen LogP contribution >= 0.6 is 0 Å². The molecule has 0 N–H and O–H groups in total. The zero-order chi connectivity index (χ0) is 0. The maximum Gasteiger partial charge on any atom is 0.316 e. The fourth-order valence-corrected chi connectivity index (χ4v) is 0. The van der Waals surface area contributed by atoms with Gasteiger partial charge in [0, 0.05) is 58.3 Å². The van der Waals surface area contributed by atoms with Gasteiger partial charge in [0.15, 0.2) is 17.4 Å². The molecule has 0 aliphatic carbocycles. The van der Waals surface area contributed by atoms with E-state index in [2.05, 4.69) is 0 Å². The molecule has 0 atom stereocenters. The molecule has 0 aliphatic rings. The van der Waals surface area contributed by atoms with Crippen LogP contribution in [0, 0.1) is 0 Å². The molecule has 5 heavy (non-hydrogen) atoms. The van der Waals surface area contributed by atoms with E-state index in [4.69, 9.17) is 0 Å². The van der Waals surface area contributed by atoms with Gasteiger partial charge in [-0.2, -0.15) is 0 Å². The Morgan fingerprint density at radius 1 is 1.00 bits per heavy atom. The van der Waals surface area contributed by atoms with Crippen molar-refractivity contribution >= 4 is 40.4 Å². The summed E-state index contributed by atoms with van der Waals surface area (Å²) in [5.74, 6) is 0. The van der Waals surface area contributed by atoms with Crippen LogP contribution in [0.15, 0.2) is 0 Å². The van der Waals surface area contributed by atoms with Gasteiger partial charge in [0.1, 0.15) is 0 Å². The Labute approximate surface area is 97.0 Å². The first-order chi connectivity index (χ1) is 0. The molecule has 0 aromatic heterocycles. The van der Waals surface area contributed by atoms with Gasteiger partial charge >= 0.3 is 23.1 Å². The minimum absolute atomic E-state index is 0. The van der Waals surface area contributed by atoms with Crippen molar-refractivity contribution in [1.82, 2.24) is 0 Å². The van der Waals surface area contributed by atoms with Gasteiger partial charge in [-0.3, -0.25) is 0 Å². The molecule has 0 unspecified atom stereocenters. The van der Waals surface area contributed by atoms with Crippen molar-refractivity contribution in [3.05, 3.63) is 0 Å². The van der Waals surface area contributed by atoms with E-state index in [1.165, 1.54) is 0 Å². The normalized spacial score (nSPS) is 0. The molecule has 0 rings (SSSR count). The van der Waals surface area contributed by atoms with Crippen LogP contribution < -0.4 is 0 Å². The van der Waals surface area contributed by atoms with Crippen molar-refractivity contribution in [2.45, 2.75) is 0 Å². The van der Waals surface area contributed by atoms with Gasteiger partial charge in [0.2, 0.25) is 0 Å².